The zero-order valence-corrected chi connectivity index (χ0v) is 33.1. The summed E-state index contributed by atoms with van der Waals surface area (Å²) >= 11 is 12.5. The fourth-order valence-corrected chi connectivity index (χ4v) is 8.17. The fourth-order valence-electron chi connectivity index (χ4n) is 7.51. The number of anilines is 4. The van der Waals surface area contributed by atoms with Crippen molar-refractivity contribution in [3.63, 3.8) is 0 Å². The lowest BCUT2D eigenvalue weighted by molar-refractivity contribution is -0.120. The van der Waals surface area contributed by atoms with Gasteiger partial charge in [-0.1, -0.05) is 39.5 Å². The van der Waals surface area contributed by atoms with Crippen LogP contribution < -0.4 is 19.6 Å². The summed E-state index contributed by atoms with van der Waals surface area (Å²) in [6.07, 6.45) is 21.1. The van der Waals surface area contributed by atoms with Gasteiger partial charge in [-0.3, -0.25) is 14.2 Å². The molecular weight excluding hydrogens is 804 g/mol. The van der Waals surface area contributed by atoms with Crippen LogP contribution in [0.25, 0.3) is 5.95 Å². The number of imidazole rings is 2. The van der Waals surface area contributed by atoms with Crippen molar-refractivity contribution in [2.24, 2.45) is 0 Å². The number of aromatic nitrogens is 8. The normalized spacial score (nSPS) is 20.5. The molecule has 17 heteroatoms. The average Bonchev–Trinajstić information content (AvgIpc) is 3.98. The number of carbonyl (C=O) groups is 2. The van der Waals surface area contributed by atoms with Crippen LogP contribution in [0, 0.1) is 0 Å². The molecular formula is C34H43Br2ClN12O2. The van der Waals surface area contributed by atoms with Crippen LogP contribution in [0.4, 0.5) is 23.0 Å². The number of carbonyl (C=O) groups excluding carboxylic acids is 2. The standard InChI is InChI=1S/C17H21BrN6O.C14H19ClN4O.C3H3BrN2/c1-3-12-16(25)22(2)13-8-19-17(23-9-14(18)20-10-23)21-15(13)24(12)11-6-4-5-7-11;1-3-10-13(20)18(2)11-8-16-14(15)17-12(11)19(10)9-6-4-5-7-9;4-3-1-5-2-6-3/h8-12H,3-7H2,1-2H3;8-10H,3-7H2,1-2H3;1-2H,(H,5,6)/t12-;10-;/m11./s1. The molecule has 4 aliphatic rings. The number of rotatable bonds is 5. The maximum atomic E-state index is 12.9. The van der Waals surface area contributed by atoms with Gasteiger partial charge < -0.3 is 24.6 Å². The highest BCUT2D eigenvalue weighted by Crippen LogP contribution is 2.41. The van der Waals surface area contributed by atoms with Crippen molar-refractivity contribution in [3.05, 3.63) is 51.9 Å². The number of amides is 2. The average molecular weight is 847 g/mol. The molecule has 2 amide bonds. The van der Waals surface area contributed by atoms with Gasteiger partial charge in [-0.2, -0.15) is 9.97 Å². The number of aromatic amines is 1. The van der Waals surface area contributed by atoms with Crippen molar-refractivity contribution in [1.82, 2.24) is 39.5 Å². The number of halogens is 3. The van der Waals surface area contributed by atoms with Gasteiger partial charge in [0.1, 0.15) is 39.0 Å². The van der Waals surface area contributed by atoms with E-state index in [1.807, 2.05) is 20.2 Å². The molecule has 2 aliphatic carbocycles. The van der Waals surface area contributed by atoms with E-state index in [9.17, 15) is 9.59 Å². The van der Waals surface area contributed by atoms with Crippen LogP contribution in [0.1, 0.15) is 78.1 Å². The first-order valence-corrected chi connectivity index (χ1v) is 19.4. The Labute approximate surface area is 319 Å². The van der Waals surface area contributed by atoms with E-state index in [4.69, 9.17) is 16.6 Å². The molecule has 0 saturated heterocycles. The molecule has 14 nitrogen and oxygen atoms in total. The summed E-state index contributed by atoms with van der Waals surface area (Å²) in [4.78, 5) is 61.6. The van der Waals surface area contributed by atoms with Crippen molar-refractivity contribution in [3.8, 4) is 5.95 Å². The van der Waals surface area contributed by atoms with E-state index >= 15 is 0 Å². The fraction of sp³-hybridized carbons (Fsp3) is 0.529. The zero-order valence-electron chi connectivity index (χ0n) is 29.2. The molecule has 8 rings (SSSR count). The van der Waals surface area contributed by atoms with E-state index < -0.39 is 0 Å². The molecule has 2 atom stereocenters. The summed E-state index contributed by atoms with van der Waals surface area (Å²) in [6.45, 7) is 4.12. The van der Waals surface area contributed by atoms with Crippen molar-refractivity contribution in [1.29, 1.82) is 0 Å². The van der Waals surface area contributed by atoms with Gasteiger partial charge in [0.25, 0.3) is 0 Å². The molecule has 272 valence electrons. The summed E-state index contributed by atoms with van der Waals surface area (Å²) < 4.78 is 3.44. The van der Waals surface area contributed by atoms with Crippen molar-refractivity contribution in [2.75, 3.05) is 33.7 Å². The van der Waals surface area contributed by atoms with Gasteiger partial charge >= 0.3 is 0 Å². The zero-order chi connectivity index (χ0) is 36.2. The van der Waals surface area contributed by atoms with Crippen molar-refractivity contribution < 1.29 is 9.59 Å². The van der Waals surface area contributed by atoms with Gasteiger partial charge in [-0.15, -0.1) is 0 Å². The van der Waals surface area contributed by atoms with E-state index in [-0.39, 0.29) is 29.2 Å². The molecule has 6 heterocycles. The predicted molar refractivity (Wildman–Crippen MR) is 205 cm³/mol. The Hall–Kier alpha value is -3.63. The first-order chi connectivity index (χ1) is 24.6. The van der Waals surface area contributed by atoms with Crippen LogP contribution in [0.3, 0.4) is 0 Å². The third kappa shape index (κ3) is 7.77. The second-order valence-corrected chi connectivity index (χ2v) is 15.1. The lowest BCUT2D eigenvalue weighted by Crippen LogP contribution is -2.55. The molecule has 2 fully saturated rings. The molecule has 1 N–H and O–H groups in total. The maximum Gasteiger partial charge on any atom is 0.249 e. The number of fused-ring (bicyclic) bond motifs is 2. The molecule has 0 aromatic carbocycles. The van der Waals surface area contributed by atoms with Crippen LogP contribution in [-0.4, -0.2) is 89.5 Å². The van der Waals surface area contributed by atoms with E-state index in [0.717, 1.165) is 70.7 Å². The Kier molecular flexibility index (Phi) is 11.9. The van der Waals surface area contributed by atoms with Crippen LogP contribution in [0.2, 0.25) is 5.28 Å². The molecule has 0 bridgehead atoms. The lowest BCUT2D eigenvalue weighted by Gasteiger charge is -2.43. The van der Waals surface area contributed by atoms with E-state index in [1.165, 1.54) is 25.7 Å². The van der Waals surface area contributed by atoms with Gasteiger partial charge in [0.15, 0.2) is 11.6 Å². The number of H-pyrrole nitrogens is 1. The summed E-state index contributed by atoms with van der Waals surface area (Å²) in [7, 11) is 3.60. The Morgan fingerprint density at radius 1 is 0.784 bits per heavy atom. The first kappa shape index (κ1) is 37.1. The number of nitrogens with one attached hydrogen (secondary N) is 1. The van der Waals surface area contributed by atoms with Gasteiger partial charge in [0, 0.05) is 32.4 Å². The van der Waals surface area contributed by atoms with E-state index in [2.05, 4.69) is 78.5 Å². The minimum atomic E-state index is -0.155. The maximum absolute atomic E-state index is 12.9. The minimum Gasteiger partial charge on any atom is -0.340 e. The van der Waals surface area contributed by atoms with E-state index in [1.54, 1.807) is 52.7 Å². The lowest BCUT2D eigenvalue weighted by atomic mass is 10.0. The third-order valence-electron chi connectivity index (χ3n) is 10.0. The summed E-state index contributed by atoms with van der Waals surface area (Å²) in [5, 5.41) is 0.240. The summed E-state index contributed by atoms with van der Waals surface area (Å²) in [6, 6.07) is 0.473. The molecule has 0 radical (unpaired) electrons. The Balaban J connectivity index is 0.000000154. The number of likely N-dealkylation sites (N-methyl/N-ethyl adjacent to an activating group) is 2. The van der Waals surface area contributed by atoms with Crippen LogP contribution in [0.15, 0.2) is 46.6 Å². The summed E-state index contributed by atoms with van der Waals surface area (Å²) in [5.74, 6) is 2.49. The van der Waals surface area contributed by atoms with Crippen LogP contribution in [0.5, 0.6) is 0 Å². The van der Waals surface area contributed by atoms with Crippen molar-refractivity contribution >= 4 is 78.3 Å². The second-order valence-electron chi connectivity index (χ2n) is 13.1. The molecule has 2 aliphatic heterocycles. The molecule has 2 saturated carbocycles. The second kappa shape index (κ2) is 16.4. The monoisotopic (exact) mass is 844 g/mol. The molecule has 51 heavy (non-hydrogen) atoms. The van der Waals surface area contributed by atoms with Crippen molar-refractivity contribution in [2.45, 2.75) is 102 Å². The number of nitrogens with zero attached hydrogens (tertiary/aromatic N) is 11. The SMILES string of the molecule is Brc1cnc[nH]1.CC[C@@H]1C(=O)N(C)c2cnc(-n3cnc(Br)c3)nc2N1C1CCCC1.CC[C@@H]1C(=O)N(C)c2cnc(Cl)nc2N1C1CCCC1. The van der Waals surface area contributed by atoms with E-state index in [0.29, 0.717) is 18.0 Å². The van der Waals surface area contributed by atoms with Gasteiger partial charge in [-0.05, 0) is 82.0 Å². The number of hydrogen-bond acceptors (Lipinski definition) is 10. The van der Waals surface area contributed by atoms with Crippen LogP contribution >= 0.6 is 43.5 Å². The molecule has 4 aromatic heterocycles. The van der Waals surface area contributed by atoms with Crippen LogP contribution in [-0.2, 0) is 9.59 Å². The quantitative estimate of drug-likeness (QED) is 0.215. The predicted octanol–water partition coefficient (Wildman–Crippen LogP) is 6.74. The highest BCUT2D eigenvalue weighted by Gasteiger charge is 2.42. The molecule has 4 aromatic rings. The first-order valence-electron chi connectivity index (χ1n) is 17.5. The topological polar surface area (TPSA) is 145 Å². The summed E-state index contributed by atoms with van der Waals surface area (Å²) in [5.41, 5.74) is 1.54. The number of hydrogen-bond donors (Lipinski definition) is 1. The highest BCUT2D eigenvalue weighted by molar-refractivity contribution is 9.10. The highest BCUT2D eigenvalue weighted by atomic mass is 79.9. The molecule has 0 unspecified atom stereocenters. The third-order valence-corrected chi connectivity index (χ3v) is 11.1. The Morgan fingerprint density at radius 3 is 1.75 bits per heavy atom. The van der Waals surface area contributed by atoms with Gasteiger partial charge in [0.2, 0.25) is 23.0 Å². The molecule has 0 spiro atoms. The van der Waals surface area contributed by atoms with Gasteiger partial charge in [0.05, 0.1) is 24.9 Å². The van der Waals surface area contributed by atoms with Gasteiger partial charge in [-0.25, -0.2) is 19.9 Å². The minimum absolute atomic E-state index is 0.123. The Morgan fingerprint density at radius 2 is 1.31 bits per heavy atom. The smallest absolute Gasteiger partial charge is 0.249 e. The Bertz CT molecular complexity index is 1810. The largest absolute Gasteiger partial charge is 0.340 e.